The first-order chi connectivity index (χ1) is 8.93. The SMILES string of the molecule is CCC(C)NC(=O)CSc1ccc(C)c(C(=O)O)c1. The number of carbonyl (C=O) groups is 2. The number of hydrogen-bond acceptors (Lipinski definition) is 3. The van der Waals surface area contributed by atoms with Gasteiger partial charge in [0, 0.05) is 10.9 Å². The number of carboxylic acids is 1. The average Bonchev–Trinajstić information content (AvgIpc) is 2.37. The van der Waals surface area contributed by atoms with Crippen LogP contribution >= 0.6 is 11.8 Å². The van der Waals surface area contributed by atoms with Crippen molar-refractivity contribution in [3.05, 3.63) is 29.3 Å². The van der Waals surface area contributed by atoms with Gasteiger partial charge in [-0.3, -0.25) is 4.79 Å². The second-order valence-electron chi connectivity index (χ2n) is 4.45. The molecule has 5 heteroatoms. The van der Waals surface area contributed by atoms with E-state index in [0.717, 1.165) is 16.9 Å². The maximum Gasteiger partial charge on any atom is 0.335 e. The number of benzene rings is 1. The van der Waals surface area contributed by atoms with Crippen LogP contribution in [0.5, 0.6) is 0 Å². The fraction of sp³-hybridized carbons (Fsp3) is 0.429. The van der Waals surface area contributed by atoms with Gasteiger partial charge in [-0.05, 0) is 38.0 Å². The Hall–Kier alpha value is -1.49. The quantitative estimate of drug-likeness (QED) is 0.787. The Bertz CT molecular complexity index is 474. The molecular weight excluding hydrogens is 262 g/mol. The van der Waals surface area contributed by atoms with Crippen molar-refractivity contribution in [3.8, 4) is 0 Å². The second-order valence-corrected chi connectivity index (χ2v) is 5.50. The number of nitrogens with one attached hydrogen (secondary N) is 1. The van der Waals surface area contributed by atoms with Crippen molar-refractivity contribution >= 4 is 23.6 Å². The second kappa shape index (κ2) is 7.19. The van der Waals surface area contributed by atoms with Crippen molar-refractivity contribution in [1.82, 2.24) is 5.32 Å². The third-order valence-electron chi connectivity index (χ3n) is 2.83. The van der Waals surface area contributed by atoms with Crippen molar-refractivity contribution < 1.29 is 14.7 Å². The molecule has 0 heterocycles. The molecule has 19 heavy (non-hydrogen) atoms. The first-order valence-corrected chi connectivity index (χ1v) is 7.18. The minimum absolute atomic E-state index is 0.0307. The van der Waals surface area contributed by atoms with Crippen LogP contribution in [0.4, 0.5) is 0 Å². The molecule has 4 nitrogen and oxygen atoms in total. The van der Waals surface area contributed by atoms with Crippen molar-refractivity contribution in [3.63, 3.8) is 0 Å². The summed E-state index contributed by atoms with van der Waals surface area (Å²) in [7, 11) is 0. The normalized spacial score (nSPS) is 11.9. The summed E-state index contributed by atoms with van der Waals surface area (Å²) in [5.74, 6) is -0.673. The van der Waals surface area contributed by atoms with Gasteiger partial charge in [-0.2, -0.15) is 0 Å². The van der Waals surface area contributed by atoms with Gasteiger partial charge in [0.05, 0.1) is 11.3 Å². The molecule has 1 atom stereocenters. The van der Waals surface area contributed by atoms with Gasteiger partial charge in [-0.1, -0.05) is 13.0 Å². The maximum absolute atomic E-state index is 11.6. The molecule has 0 aliphatic carbocycles. The molecule has 1 rings (SSSR count). The molecule has 2 N–H and O–H groups in total. The highest BCUT2D eigenvalue weighted by atomic mass is 32.2. The lowest BCUT2D eigenvalue weighted by molar-refractivity contribution is -0.119. The summed E-state index contributed by atoms with van der Waals surface area (Å²) < 4.78 is 0. The minimum atomic E-state index is -0.941. The zero-order valence-corrected chi connectivity index (χ0v) is 12.2. The van der Waals surface area contributed by atoms with E-state index in [1.165, 1.54) is 11.8 Å². The number of hydrogen-bond donors (Lipinski definition) is 2. The number of carboxylic acid groups (broad SMARTS) is 1. The Balaban J connectivity index is 2.61. The maximum atomic E-state index is 11.6. The van der Waals surface area contributed by atoms with E-state index in [1.54, 1.807) is 19.1 Å². The van der Waals surface area contributed by atoms with Crippen LogP contribution in [-0.4, -0.2) is 28.8 Å². The molecule has 0 spiro atoms. The number of rotatable bonds is 6. The van der Waals surface area contributed by atoms with Crippen LogP contribution in [-0.2, 0) is 4.79 Å². The van der Waals surface area contributed by atoms with Gasteiger partial charge in [0.1, 0.15) is 0 Å². The van der Waals surface area contributed by atoms with Crippen molar-refractivity contribution in [1.29, 1.82) is 0 Å². The van der Waals surface area contributed by atoms with Gasteiger partial charge in [-0.25, -0.2) is 4.79 Å². The number of amides is 1. The number of thioether (sulfide) groups is 1. The van der Waals surface area contributed by atoms with Crippen LogP contribution < -0.4 is 5.32 Å². The Morgan fingerprint density at radius 3 is 2.68 bits per heavy atom. The predicted molar refractivity (Wildman–Crippen MR) is 76.8 cm³/mol. The van der Waals surface area contributed by atoms with E-state index < -0.39 is 5.97 Å². The number of aromatic carboxylic acids is 1. The Morgan fingerprint density at radius 1 is 1.42 bits per heavy atom. The van der Waals surface area contributed by atoms with Gasteiger partial charge in [-0.15, -0.1) is 11.8 Å². The molecular formula is C14H19NO3S. The van der Waals surface area contributed by atoms with E-state index in [-0.39, 0.29) is 17.5 Å². The fourth-order valence-corrected chi connectivity index (χ4v) is 2.24. The Morgan fingerprint density at radius 2 is 2.11 bits per heavy atom. The molecule has 0 aliphatic rings. The molecule has 0 saturated heterocycles. The Labute approximate surface area is 117 Å². The average molecular weight is 281 g/mol. The van der Waals surface area contributed by atoms with Gasteiger partial charge in [0.25, 0.3) is 0 Å². The highest BCUT2D eigenvalue weighted by Crippen LogP contribution is 2.21. The van der Waals surface area contributed by atoms with Gasteiger partial charge < -0.3 is 10.4 Å². The zero-order valence-electron chi connectivity index (χ0n) is 11.4. The van der Waals surface area contributed by atoms with Crippen molar-refractivity contribution in [2.24, 2.45) is 0 Å². The lowest BCUT2D eigenvalue weighted by Crippen LogP contribution is -2.33. The largest absolute Gasteiger partial charge is 0.478 e. The van der Waals surface area contributed by atoms with Crippen LogP contribution in [0.25, 0.3) is 0 Å². The molecule has 0 radical (unpaired) electrons. The van der Waals surface area contributed by atoms with Crippen LogP contribution in [0, 0.1) is 6.92 Å². The van der Waals surface area contributed by atoms with Crippen molar-refractivity contribution in [2.75, 3.05) is 5.75 Å². The van der Waals surface area contributed by atoms with E-state index in [4.69, 9.17) is 5.11 Å². The van der Waals surface area contributed by atoms with Gasteiger partial charge in [0.15, 0.2) is 0 Å². The van der Waals surface area contributed by atoms with E-state index in [9.17, 15) is 9.59 Å². The van der Waals surface area contributed by atoms with Crippen LogP contribution in [0.15, 0.2) is 23.1 Å². The monoisotopic (exact) mass is 281 g/mol. The van der Waals surface area contributed by atoms with E-state index in [2.05, 4.69) is 5.32 Å². The fourth-order valence-electron chi connectivity index (χ4n) is 1.49. The molecule has 1 aromatic carbocycles. The summed E-state index contributed by atoms with van der Waals surface area (Å²) in [5.41, 5.74) is 1.01. The Kier molecular flexibility index (Phi) is 5.89. The predicted octanol–water partition coefficient (Wildman–Crippen LogP) is 2.70. The molecule has 0 saturated carbocycles. The van der Waals surface area contributed by atoms with Crippen molar-refractivity contribution in [2.45, 2.75) is 38.1 Å². The molecule has 0 aliphatic heterocycles. The first kappa shape index (κ1) is 15.6. The van der Waals surface area contributed by atoms with Crippen LogP contribution in [0.1, 0.15) is 36.2 Å². The zero-order chi connectivity index (χ0) is 14.4. The third kappa shape index (κ3) is 4.95. The lowest BCUT2D eigenvalue weighted by atomic mass is 10.1. The summed E-state index contributed by atoms with van der Waals surface area (Å²) >= 11 is 1.35. The number of carbonyl (C=O) groups excluding carboxylic acids is 1. The van der Waals surface area contributed by atoms with Crippen LogP contribution in [0.3, 0.4) is 0 Å². The summed E-state index contributed by atoms with van der Waals surface area (Å²) in [6.07, 6.45) is 0.893. The molecule has 0 bridgehead atoms. The van der Waals surface area contributed by atoms with Gasteiger partial charge >= 0.3 is 5.97 Å². The summed E-state index contributed by atoms with van der Waals surface area (Å²) in [5, 5.41) is 11.9. The van der Waals surface area contributed by atoms with Crippen LogP contribution in [0.2, 0.25) is 0 Å². The van der Waals surface area contributed by atoms with Gasteiger partial charge in [0.2, 0.25) is 5.91 Å². The third-order valence-corrected chi connectivity index (χ3v) is 3.82. The molecule has 104 valence electrons. The standard InChI is InChI=1S/C14H19NO3S/c1-4-10(3)15-13(16)8-19-11-6-5-9(2)12(7-11)14(17)18/h5-7,10H,4,8H2,1-3H3,(H,15,16)(H,17,18). The molecule has 0 fully saturated rings. The number of aryl methyl sites for hydroxylation is 1. The molecule has 1 amide bonds. The van der Waals surface area contributed by atoms with E-state index in [1.807, 2.05) is 19.9 Å². The summed E-state index contributed by atoms with van der Waals surface area (Å²) in [6, 6.07) is 5.38. The topological polar surface area (TPSA) is 66.4 Å². The summed E-state index contributed by atoms with van der Waals surface area (Å²) in [6.45, 7) is 5.72. The lowest BCUT2D eigenvalue weighted by Gasteiger charge is -2.11. The highest BCUT2D eigenvalue weighted by molar-refractivity contribution is 8.00. The molecule has 1 unspecified atom stereocenters. The smallest absolute Gasteiger partial charge is 0.335 e. The molecule has 0 aromatic heterocycles. The molecule has 1 aromatic rings. The van der Waals surface area contributed by atoms with E-state index in [0.29, 0.717) is 5.75 Å². The summed E-state index contributed by atoms with van der Waals surface area (Å²) in [4.78, 5) is 23.4. The minimum Gasteiger partial charge on any atom is -0.478 e. The first-order valence-electron chi connectivity index (χ1n) is 6.20. The van der Waals surface area contributed by atoms with E-state index >= 15 is 0 Å². The highest BCUT2D eigenvalue weighted by Gasteiger charge is 2.10.